The topological polar surface area (TPSA) is 93.0 Å². The summed E-state index contributed by atoms with van der Waals surface area (Å²) in [6.07, 6.45) is 1.49. The molecule has 1 saturated heterocycles. The van der Waals surface area contributed by atoms with E-state index in [2.05, 4.69) is 6.58 Å². The molecule has 0 unspecified atom stereocenters. The van der Waals surface area contributed by atoms with E-state index < -0.39 is 10.8 Å². The van der Waals surface area contributed by atoms with E-state index in [0.29, 0.717) is 37.6 Å². The molecule has 0 radical (unpaired) electrons. The van der Waals surface area contributed by atoms with Crippen molar-refractivity contribution in [2.24, 2.45) is 0 Å². The predicted molar refractivity (Wildman–Crippen MR) is 89.3 cm³/mol. The van der Waals surface area contributed by atoms with E-state index in [1.165, 1.54) is 30.3 Å². The number of carbonyl (C=O) groups is 2. The highest BCUT2D eigenvalue weighted by atomic mass is 16.6. The van der Waals surface area contributed by atoms with Crippen molar-refractivity contribution in [3.8, 4) is 0 Å². The largest absolute Gasteiger partial charge is 0.378 e. The zero-order chi connectivity index (χ0) is 18.0. The third-order valence-electron chi connectivity index (χ3n) is 4.15. The minimum atomic E-state index is -0.507. The molecule has 2 aliphatic heterocycles. The molecule has 2 heterocycles. The number of benzene rings is 1. The maximum absolute atomic E-state index is 12.8. The molecule has 130 valence electrons. The van der Waals surface area contributed by atoms with E-state index in [-0.39, 0.29) is 23.7 Å². The Morgan fingerprint density at radius 2 is 1.80 bits per heavy atom. The number of amides is 2. The van der Waals surface area contributed by atoms with E-state index in [1.807, 2.05) is 4.90 Å². The Balaban J connectivity index is 2.06. The summed E-state index contributed by atoms with van der Waals surface area (Å²) >= 11 is 0. The lowest BCUT2D eigenvalue weighted by Gasteiger charge is -2.29. The molecule has 2 aliphatic rings. The second-order valence-corrected chi connectivity index (χ2v) is 5.64. The maximum Gasteiger partial charge on any atom is 0.278 e. The average molecular weight is 343 g/mol. The van der Waals surface area contributed by atoms with E-state index in [4.69, 9.17) is 4.74 Å². The summed E-state index contributed by atoms with van der Waals surface area (Å²) in [6, 6.07) is 5.65. The third kappa shape index (κ3) is 3.03. The van der Waals surface area contributed by atoms with E-state index >= 15 is 0 Å². The summed E-state index contributed by atoms with van der Waals surface area (Å²) in [5, 5.41) is 10.8. The molecule has 0 spiro atoms. The zero-order valence-electron chi connectivity index (χ0n) is 13.5. The van der Waals surface area contributed by atoms with Gasteiger partial charge in [-0.1, -0.05) is 6.08 Å². The van der Waals surface area contributed by atoms with Crippen LogP contribution in [0.2, 0.25) is 0 Å². The molecule has 0 atom stereocenters. The van der Waals surface area contributed by atoms with Crippen molar-refractivity contribution < 1.29 is 19.2 Å². The van der Waals surface area contributed by atoms with Crippen LogP contribution in [-0.2, 0) is 14.3 Å². The van der Waals surface area contributed by atoms with Gasteiger partial charge in [-0.15, -0.1) is 6.58 Å². The van der Waals surface area contributed by atoms with Gasteiger partial charge in [-0.2, -0.15) is 0 Å². The second-order valence-electron chi connectivity index (χ2n) is 5.64. The van der Waals surface area contributed by atoms with Crippen LogP contribution in [0.3, 0.4) is 0 Å². The number of ether oxygens (including phenoxy) is 1. The van der Waals surface area contributed by atoms with E-state index in [0.717, 1.165) is 4.90 Å². The lowest BCUT2D eigenvalue weighted by atomic mass is 10.0. The van der Waals surface area contributed by atoms with Gasteiger partial charge >= 0.3 is 0 Å². The Morgan fingerprint density at radius 1 is 1.16 bits per heavy atom. The number of nitro benzene ring substituents is 1. The minimum absolute atomic E-state index is 0.0722. The van der Waals surface area contributed by atoms with Crippen LogP contribution in [0.5, 0.6) is 0 Å². The highest BCUT2D eigenvalue weighted by Gasteiger charge is 2.41. The number of hydrogen-bond donors (Lipinski definition) is 0. The van der Waals surface area contributed by atoms with Gasteiger partial charge in [-0.25, -0.2) is 0 Å². The molecule has 3 rings (SSSR count). The van der Waals surface area contributed by atoms with Crippen LogP contribution in [0.4, 0.5) is 5.69 Å². The number of imide groups is 1. The SMILES string of the molecule is C=CCN1C(=O)C(c2ccc([N+](=O)[O-])cc2)=C(N2CCOCC2)C1=O. The minimum Gasteiger partial charge on any atom is -0.378 e. The lowest BCUT2D eigenvalue weighted by molar-refractivity contribution is -0.384. The number of morpholine rings is 1. The van der Waals surface area contributed by atoms with Crippen LogP contribution in [0.15, 0.2) is 42.6 Å². The molecule has 0 N–H and O–H groups in total. The van der Waals surface area contributed by atoms with Crippen molar-refractivity contribution in [3.63, 3.8) is 0 Å². The summed E-state index contributed by atoms with van der Waals surface area (Å²) in [4.78, 5) is 38.9. The fourth-order valence-corrected chi connectivity index (χ4v) is 2.95. The molecule has 1 fully saturated rings. The Morgan fingerprint density at radius 3 is 2.36 bits per heavy atom. The summed E-state index contributed by atoms with van der Waals surface area (Å²) < 4.78 is 5.31. The number of hydrogen-bond acceptors (Lipinski definition) is 6. The Labute approximate surface area is 144 Å². The first-order valence-electron chi connectivity index (χ1n) is 7.83. The van der Waals surface area contributed by atoms with Gasteiger partial charge in [0.25, 0.3) is 17.5 Å². The number of rotatable bonds is 5. The Bertz CT molecular complexity index is 763. The quantitative estimate of drug-likeness (QED) is 0.345. The van der Waals surface area contributed by atoms with Crippen molar-refractivity contribution in [1.82, 2.24) is 9.80 Å². The second kappa shape index (κ2) is 6.86. The maximum atomic E-state index is 12.8. The third-order valence-corrected chi connectivity index (χ3v) is 4.15. The summed E-state index contributed by atoms with van der Waals surface area (Å²) in [6.45, 7) is 5.66. The van der Waals surface area contributed by atoms with Gasteiger partial charge < -0.3 is 9.64 Å². The van der Waals surface area contributed by atoms with Crippen molar-refractivity contribution >= 4 is 23.1 Å². The molecule has 0 bridgehead atoms. The first kappa shape index (κ1) is 16.8. The van der Waals surface area contributed by atoms with Crippen LogP contribution in [0, 0.1) is 10.1 Å². The Kier molecular flexibility index (Phi) is 4.62. The molecule has 0 aliphatic carbocycles. The number of carbonyl (C=O) groups excluding carboxylic acids is 2. The van der Waals surface area contributed by atoms with Crippen LogP contribution < -0.4 is 0 Å². The molecular weight excluding hydrogens is 326 g/mol. The van der Waals surface area contributed by atoms with Crippen molar-refractivity contribution in [2.45, 2.75) is 0 Å². The number of nitro groups is 1. The number of nitrogens with zero attached hydrogens (tertiary/aromatic N) is 3. The van der Waals surface area contributed by atoms with Gasteiger partial charge in [0.05, 0.1) is 23.7 Å². The first-order chi connectivity index (χ1) is 12.0. The van der Waals surface area contributed by atoms with Gasteiger partial charge in [0.1, 0.15) is 5.70 Å². The molecule has 8 heteroatoms. The molecule has 0 aromatic heterocycles. The molecule has 1 aromatic rings. The predicted octanol–water partition coefficient (Wildman–Crippen LogP) is 1.19. The van der Waals surface area contributed by atoms with Crippen LogP contribution in [0.1, 0.15) is 5.56 Å². The average Bonchev–Trinajstić information content (AvgIpc) is 2.87. The van der Waals surface area contributed by atoms with Gasteiger partial charge in [-0.3, -0.25) is 24.6 Å². The van der Waals surface area contributed by atoms with Gasteiger partial charge in [0, 0.05) is 31.8 Å². The summed E-state index contributed by atoms with van der Waals surface area (Å²) in [5.74, 6) is -0.791. The number of non-ortho nitro benzene ring substituents is 1. The van der Waals surface area contributed by atoms with Gasteiger partial charge in [-0.05, 0) is 17.7 Å². The first-order valence-corrected chi connectivity index (χ1v) is 7.83. The van der Waals surface area contributed by atoms with Gasteiger partial charge in [0.15, 0.2) is 0 Å². The molecule has 0 saturated carbocycles. The molecule has 25 heavy (non-hydrogen) atoms. The monoisotopic (exact) mass is 343 g/mol. The lowest BCUT2D eigenvalue weighted by Crippen LogP contribution is -2.40. The van der Waals surface area contributed by atoms with Crippen molar-refractivity contribution in [3.05, 3.63) is 58.3 Å². The van der Waals surface area contributed by atoms with E-state index in [1.54, 1.807) is 0 Å². The normalized spacial score (nSPS) is 18.1. The fraction of sp³-hybridized carbons (Fsp3) is 0.294. The van der Waals surface area contributed by atoms with Crippen LogP contribution >= 0.6 is 0 Å². The Hall–Kier alpha value is -3.00. The highest BCUT2D eigenvalue weighted by molar-refractivity contribution is 6.35. The van der Waals surface area contributed by atoms with Crippen molar-refractivity contribution in [1.29, 1.82) is 0 Å². The zero-order valence-corrected chi connectivity index (χ0v) is 13.5. The standard InChI is InChI=1S/C17H17N3O5/c1-2-7-19-16(21)14(12-3-5-13(6-4-12)20(23)24)15(17(19)22)18-8-10-25-11-9-18/h2-6H,1,7-11H2. The van der Waals surface area contributed by atoms with Gasteiger partial charge in [0.2, 0.25) is 0 Å². The summed E-state index contributed by atoms with van der Waals surface area (Å²) in [5.41, 5.74) is 1.00. The van der Waals surface area contributed by atoms with Crippen LogP contribution in [0.25, 0.3) is 5.57 Å². The molecular formula is C17H17N3O5. The summed E-state index contributed by atoms with van der Waals surface area (Å²) in [7, 11) is 0. The molecule has 8 nitrogen and oxygen atoms in total. The van der Waals surface area contributed by atoms with E-state index in [9.17, 15) is 19.7 Å². The highest BCUT2D eigenvalue weighted by Crippen LogP contribution is 2.32. The van der Waals surface area contributed by atoms with Crippen molar-refractivity contribution in [2.75, 3.05) is 32.8 Å². The fourth-order valence-electron chi connectivity index (χ4n) is 2.95. The smallest absolute Gasteiger partial charge is 0.278 e. The van der Waals surface area contributed by atoms with Crippen LogP contribution in [-0.4, -0.2) is 59.4 Å². The molecule has 1 aromatic carbocycles. The molecule has 2 amide bonds.